The van der Waals surface area contributed by atoms with E-state index in [1.54, 1.807) is 6.92 Å². The third-order valence-corrected chi connectivity index (χ3v) is 4.01. The summed E-state index contributed by atoms with van der Waals surface area (Å²) in [5.74, 6) is -7.00. The van der Waals surface area contributed by atoms with Gasteiger partial charge in [-0.1, -0.05) is 6.58 Å². The first-order chi connectivity index (χ1) is 9.39. The second kappa shape index (κ2) is 5.55. The number of carbonyl (C=O) groups is 1. The number of aliphatic hydroxyl groups is 1. The zero-order valence-corrected chi connectivity index (χ0v) is 11.6. The molecule has 0 amide bonds. The number of halogens is 5. The van der Waals surface area contributed by atoms with Gasteiger partial charge in [0.2, 0.25) is 5.60 Å². The van der Waals surface area contributed by atoms with Gasteiger partial charge in [-0.3, -0.25) is 0 Å². The molecular weight excluding hydrogens is 299 g/mol. The molecule has 2 rings (SSSR count). The van der Waals surface area contributed by atoms with Crippen molar-refractivity contribution in [3.63, 3.8) is 0 Å². The zero-order valence-electron chi connectivity index (χ0n) is 11.6. The smallest absolute Gasteiger partial charge is 0.423 e. The highest BCUT2D eigenvalue weighted by Crippen LogP contribution is 2.64. The van der Waals surface area contributed by atoms with Crippen molar-refractivity contribution in [1.29, 1.82) is 0 Å². The Hall–Kier alpha value is -1.18. The summed E-state index contributed by atoms with van der Waals surface area (Å²) >= 11 is 0. The van der Waals surface area contributed by atoms with Crippen molar-refractivity contribution in [3.05, 3.63) is 12.2 Å². The maximum absolute atomic E-state index is 13.2. The molecule has 0 radical (unpaired) electrons. The van der Waals surface area contributed by atoms with Crippen LogP contribution in [0, 0.1) is 11.8 Å². The molecule has 2 fully saturated rings. The molecule has 3 unspecified atom stereocenters. The molecule has 2 saturated carbocycles. The van der Waals surface area contributed by atoms with Gasteiger partial charge in [0, 0.05) is 17.4 Å². The van der Waals surface area contributed by atoms with Crippen molar-refractivity contribution in [1.82, 2.24) is 0 Å². The van der Waals surface area contributed by atoms with E-state index in [2.05, 4.69) is 11.3 Å². The van der Waals surface area contributed by atoms with Crippen molar-refractivity contribution in [2.24, 2.45) is 11.8 Å². The molecule has 2 aliphatic rings. The van der Waals surface area contributed by atoms with Crippen LogP contribution in [-0.2, 0) is 9.53 Å². The first-order valence-corrected chi connectivity index (χ1v) is 6.30. The number of rotatable bonds is 1. The van der Waals surface area contributed by atoms with E-state index in [4.69, 9.17) is 0 Å². The first-order valence-electron chi connectivity index (χ1n) is 6.30. The first kappa shape index (κ1) is 17.9. The summed E-state index contributed by atoms with van der Waals surface area (Å²) in [5.41, 5.74) is -3.36. The van der Waals surface area contributed by atoms with Gasteiger partial charge in [-0.25, -0.2) is 13.6 Å². The lowest BCUT2D eigenvalue weighted by Gasteiger charge is -2.40. The fraction of sp³-hybridized carbons (Fsp3) is 0.769. The van der Waals surface area contributed by atoms with E-state index in [-0.39, 0.29) is 25.2 Å². The van der Waals surface area contributed by atoms with Crippen molar-refractivity contribution in [3.8, 4) is 0 Å². The Morgan fingerprint density at radius 2 is 1.76 bits per heavy atom. The summed E-state index contributed by atoms with van der Waals surface area (Å²) in [4.78, 5) is 10.2. The maximum atomic E-state index is 13.2. The van der Waals surface area contributed by atoms with Gasteiger partial charge in [0.05, 0.1) is 7.11 Å². The summed E-state index contributed by atoms with van der Waals surface area (Å²) in [6.45, 7) is 4.95. The SMILES string of the molecule is C=C(C)C(=O)OC.OC1(C(F)(F)F)C2CCC(C2)C1(F)F. The minimum Gasteiger partial charge on any atom is -0.466 e. The van der Waals surface area contributed by atoms with Gasteiger partial charge in [-0.15, -0.1) is 0 Å². The minimum absolute atomic E-state index is 0.0380. The highest BCUT2D eigenvalue weighted by molar-refractivity contribution is 5.86. The zero-order chi connectivity index (χ0) is 16.6. The predicted molar refractivity (Wildman–Crippen MR) is 63.6 cm³/mol. The Morgan fingerprint density at radius 1 is 1.29 bits per heavy atom. The van der Waals surface area contributed by atoms with E-state index in [1.807, 2.05) is 0 Å². The molecule has 1 N–H and O–H groups in total. The molecule has 0 aliphatic heterocycles. The lowest BCUT2D eigenvalue weighted by molar-refractivity contribution is -0.346. The number of ether oxygens (including phenoxy) is 1. The van der Waals surface area contributed by atoms with Gasteiger partial charge >= 0.3 is 12.1 Å². The lowest BCUT2D eigenvalue weighted by atomic mass is 9.80. The molecule has 2 bridgehead atoms. The van der Waals surface area contributed by atoms with Crippen molar-refractivity contribution in [2.75, 3.05) is 7.11 Å². The summed E-state index contributed by atoms with van der Waals surface area (Å²) in [6.07, 6.45) is -5.34. The number of fused-ring (bicyclic) bond motifs is 2. The average Bonchev–Trinajstić information content (AvgIpc) is 2.91. The van der Waals surface area contributed by atoms with E-state index in [0.29, 0.717) is 5.57 Å². The lowest BCUT2D eigenvalue weighted by Crippen LogP contribution is -2.62. The van der Waals surface area contributed by atoms with Crippen LogP contribution in [0.4, 0.5) is 22.0 Å². The van der Waals surface area contributed by atoms with E-state index >= 15 is 0 Å². The van der Waals surface area contributed by atoms with E-state index in [9.17, 15) is 31.9 Å². The summed E-state index contributed by atoms with van der Waals surface area (Å²) in [5, 5.41) is 9.17. The highest BCUT2D eigenvalue weighted by Gasteiger charge is 2.80. The topological polar surface area (TPSA) is 46.5 Å². The molecule has 0 aromatic heterocycles. The van der Waals surface area contributed by atoms with Crippen LogP contribution in [0.5, 0.6) is 0 Å². The number of hydrogen-bond donors (Lipinski definition) is 1. The van der Waals surface area contributed by atoms with Crippen LogP contribution < -0.4 is 0 Å². The third-order valence-electron chi connectivity index (χ3n) is 4.01. The average molecular weight is 316 g/mol. The van der Waals surface area contributed by atoms with Crippen molar-refractivity contribution < 1.29 is 36.6 Å². The Bertz CT molecular complexity index is 432. The van der Waals surface area contributed by atoms with Gasteiger partial charge in [-0.05, 0) is 26.2 Å². The third kappa shape index (κ3) is 2.77. The van der Waals surface area contributed by atoms with Gasteiger partial charge in [0.15, 0.2) is 0 Å². The fourth-order valence-electron chi connectivity index (χ4n) is 2.87. The fourth-order valence-corrected chi connectivity index (χ4v) is 2.87. The second-order valence-electron chi connectivity index (χ2n) is 5.37. The quantitative estimate of drug-likeness (QED) is 0.459. The molecule has 0 aromatic rings. The van der Waals surface area contributed by atoms with Gasteiger partial charge in [-0.2, -0.15) is 13.2 Å². The number of methoxy groups -OCH3 is 1. The summed E-state index contributed by atoms with van der Waals surface area (Å²) < 4.78 is 67.8. The van der Waals surface area contributed by atoms with Gasteiger partial charge in [0.1, 0.15) is 0 Å². The van der Waals surface area contributed by atoms with Crippen LogP contribution in [0.3, 0.4) is 0 Å². The van der Waals surface area contributed by atoms with Crippen LogP contribution >= 0.6 is 0 Å². The van der Waals surface area contributed by atoms with E-state index in [1.165, 1.54) is 7.11 Å². The molecule has 0 spiro atoms. The molecule has 2 aliphatic carbocycles. The van der Waals surface area contributed by atoms with Crippen LogP contribution in [0.15, 0.2) is 12.2 Å². The molecule has 3 nitrogen and oxygen atoms in total. The normalized spacial score (nSPS) is 33.1. The number of hydrogen-bond acceptors (Lipinski definition) is 3. The van der Waals surface area contributed by atoms with Crippen molar-refractivity contribution >= 4 is 5.97 Å². The molecule has 0 aromatic carbocycles. The van der Waals surface area contributed by atoms with Gasteiger partial charge < -0.3 is 9.84 Å². The Labute approximate surface area is 118 Å². The van der Waals surface area contributed by atoms with Crippen LogP contribution in [0.25, 0.3) is 0 Å². The monoisotopic (exact) mass is 316 g/mol. The summed E-state index contributed by atoms with van der Waals surface area (Å²) in [7, 11) is 1.33. The molecule has 3 atom stereocenters. The predicted octanol–water partition coefficient (Wildman–Crippen LogP) is 3.08. The number of carbonyl (C=O) groups excluding carboxylic acids is 1. The van der Waals surface area contributed by atoms with Crippen LogP contribution in [-0.4, -0.2) is 35.9 Å². The molecule has 21 heavy (non-hydrogen) atoms. The van der Waals surface area contributed by atoms with Gasteiger partial charge in [0.25, 0.3) is 5.92 Å². The standard InChI is InChI=1S/C8H9F5O.C5H8O2/c9-7(10)5-2-1-4(3-5)6(7,14)8(11,12)13;1-4(2)5(6)7-3/h4-5,14H,1-3H2;1H2,2-3H3. The second-order valence-corrected chi connectivity index (χ2v) is 5.37. The highest BCUT2D eigenvalue weighted by atomic mass is 19.4. The molecule has 122 valence electrons. The minimum atomic E-state index is -5.24. The molecule has 0 saturated heterocycles. The molecule has 0 heterocycles. The maximum Gasteiger partial charge on any atom is 0.423 e. The van der Waals surface area contributed by atoms with E-state index < -0.39 is 29.5 Å². The number of alkyl halides is 5. The van der Waals surface area contributed by atoms with Crippen LogP contribution in [0.1, 0.15) is 26.2 Å². The molecular formula is C13H17F5O3. The Morgan fingerprint density at radius 3 is 1.95 bits per heavy atom. The van der Waals surface area contributed by atoms with E-state index in [0.717, 1.165) is 0 Å². The van der Waals surface area contributed by atoms with Crippen molar-refractivity contribution in [2.45, 2.75) is 43.9 Å². The molecule has 8 heteroatoms. The largest absolute Gasteiger partial charge is 0.466 e. The Balaban J connectivity index is 0.000000270. The number of esters is 1. The Kier molecular flexibility index (Phi) is 4.72. The summed E-state index contributed by atoms with van der Waals surface area (Å²) in [6, 6.07) is 0. The van der Waals surface area contributed by atoms with Crippen LogP contribution in [0.2, 0.25) is 0 Å².